The fourth-order valence-electron chi connectivity index (χ4n) is 2.11. The van der Waals surface area contributed by atoms with Crippen molar-refractivity contribution in [1.82, 2.24) is 0 Å². The topological polar surface area (TPSA) is 58.9 Å². The molecule has 0 aliphatic heterocycles. The molecule has 0 radical (unpaired) electrons. The highest BCUT2D eigenvalue weighted by Gasteiger charge is 2.51. The van der Waals surface area contributed by atoms with Crippen molar-refractivity contribution in [1.29, 1.82) is 0 Å². The monoisotopic (exact) mass is 213 g/mol. The summed E-state index contributed by atoms with van der Waals surface area (Å²) < 4.78 is 5.30. The first-order chi connectivity index (χ1) is 6.93. The Morgan fingerprint density at radius 3 is 2.60 bits per heavy atom. The van der Waals surface area contributed by atoms with E-state index in [1.165, 1.54) is 0 Å². The van der Waals surface area contributed by atoms with Crippen molar-refractivity contribution in [2.24, 2.45) is 16.5 Å². The van der Waals surface area contributed by atoms with Crippen molar-refractivity contribution < 1.29 is 14.7 Å². The van der Waals surface area contributed by atoms with E-state index in [4.69, 9.17) is 9.94 Å². The average Bonchev–Trinajstić information content (AvgIpc) is 2.22. The molecule has 0 spiro atoms. The third-order valence-corrected chi connectivity index (χ3v) is 3.40. The summed E-state index contributed by atoms with van der Waals surface area (Å²) in [4.78, 5) is 11.1. The van der Waals surface area contributed by atoms with E-state index in [2.05, 4.69) is 5.16 Å². The van der Waals surface area contributed by atoms with Gasteiger partial charge in [0.25, 0.3) is 0 Å². The van der Waals surface area contributed by atoms with Gasteiger partial charge in [0.15, 0.2) is 0 Å². The normalized spacial score (nSPS) is 29.5. The lowest BCUT2D eigenvalue weighted by atomic mass is 9.58. The van der Waals surface area contributed by atoms with Crippen LogP contribution in [0.4, 0.5) is 0 Å². The highest BCUT2D eigenvalue weighted by Crippen LogP contribution is 2.48. The van der Waals surface area contributed by atoms with Crippen LogP contribution in [-0.2, 0) is 9.53 Å². The van der Waals surface area contributed by atoms with Gasteiger partial charge < -0.3 is 9.94 Å². The molecule has 0 unspecified atom stereocenters. The predicted molar refractivity (Wildman–Crippen MR) is 57.0 cm³/mol. The van der Waals surface area contributed by atoms with Crippen LogP contribution in [0.2, 0.25) is 0 Å². The van der Waals surface area contributed by atoms with E-state index in [0.717, 1.165) is 6.42 Å². The molecule has 1 saturated carbocycles. The Hall–Kier alpha value is -1.06. The summed E-state index contributed by atoms with van der Waals surface area (Å²) >= 11 is 0. The van der Waals surface area contributed by atoms with Crippen LogP contribution in [0.15, 0.2) is 5.16 Å². The maximum Gasteiger partial charge on any atom is 0.305 e. The van der Waals surface area contributed by atoms with Crippen LogP contribution in [0.25, 0.3) is 0 Å². The van der Waals surface area contributed by atoms with Crippen LogP contribution in [0.3, 0.4) is 0 Å². The standard InChI is InChI=1S/C11H19NO3/c1-5-10(13)15-9-6-8(7(2)12-14)11(9,3)4/h8-9,14H,5-6H2,1-4H3/b12-7+/t8-,9+/m0/s1. The van der Waals surface area contributed by atoms with Crippen molar-refractivity contribution in [2.45, 2.75) is 46.6 Å². The number of rotatable bonds is 3. The summed E-state index contributed by atoms with van der Waals surface area (Å²) in [5, 5.41) is 11.9. The lowest BCUT2D eigenvalue weighted by Crippen LogP contribution is -2.54. The minimum atomic E-state index is -0.162. The molecule has 15 heavy (non-hydrogen) atoms. The van der Waals surface area contributed by atoms with E-state index >= 15 is 0 Å². The van der Waals surface area contributed by atoms with Gasteiger partial charge in [-0.3, -0.25) is 4.79 Å². The number of ether oxygens (including phenoxy) is 1. The first-order valence-electron chi connectivity index (χ1n) is 5.31. The Labute approximate surface area is 90.3 Å². The fraction of sp³-hybridized carbons (Fsp3) is 0.818. The minimum absolute atomic E-state index is 0.0494. The molecule has 1 N–H and O–H groups in total. The highest BCUT2D eigenvalue weighted by atomic mass is 16.5. The highest BCUT2D eigenvalue weighted by molar-refractivity contribution is 5.85. The summed E-state index contributed by atoms with van der Waals surface area (Å²) in [6.07, 6.45) is 1.12. The second-order valence-corrected chi connectivity index (χ2v) is 4.68. The van der Waals surface area contributed by atoms with Crippen molar-refractivity contribution >= 4 is 11.7 Å². The largest absolute Gasteiger partial charge is 0.462 e. The van der Waals surface area contributed by atoms with Gasteiger partial charge in [0.05, 0.1) is 5.71 Å². The SMILES string of the molecule is CCC(=O)O[C@@H]1C[C@@H](/C(C)=N/O)C1(C)C. The van der Waals surface area contributed by atoms with Gasteiger partial charge in [0, 0.05) is 17.8 Å². The Morgan fingerprint density at radius 2 is 2.20 bits per heavy atom. The van der Waals surface area contributed by atoms with Gasteiger partial charge in [-0.2, -0.15) is 0 Å². The molecule has 0 amide bonds. The summed E-state index contributed by atoms with van der Waals surface area (Å²) in [6.45, 7) is 7.64. The molecule has 1 aliphatic rings. The maximum absolute atomic E-state index is 11.1. The first kappa shape index (κ1) is 12.0. The van der Waals surface area contributed by atoms with E-state index in [9.17, 15) is 4.79 Å². The van der Waals surface area contributed by atoms with Gasteiger partial charge >= 0.3 is 5.97 Å². The first-order valence-corrected chi connectivity index (χ1v) is 5.31. The fourth-order valence-corrected chi connectivity index (χ4v) is 2.11. The number of carbonyl (C=O) groups is 1. The van der Waals surface area contributed by atoms with Crippen molar-refractivity contribution in [3.63, 3.8) is 0 Å². The quantitative estimate of drug-likeness (QED) is 0.338. The van der Waals surface area contributed by atoms with E-state index in [0.29, 0.717) is 12.1 Å². The molecular weight excluding hydrogens is 194 g/mol. The maximum atomic E-state index is 11.1. The molecule has 2 atom stereocenters. The number of nitrogens with zero attached hydrogens (tertiary/aromatic N) is 1. The molecule has 0 heterocycles. The molecule has 0 aromatic heterocycles. The zero-order valence-corrected chi connectivity index (χ0v) is 9.78. The molecule has 0 aromatic rings. The summed E-state index contributed by atoms with van der Waals surface area (Å²) in [5.41, 5.74) is 0.588. The zero-order chi connectivity index (χ0) is 11.6. The Kier molecular flexibility index (Phi) is 3.37. The molecule has 0 aromatic carbocycles. The molecule has 4 heteroatoms. The average molecular weight is 213 g/mol. The van der Waals surface area contributed by atoms with Gasteiger partial charge in [-0.05, 0) is 13.3 Å². The van der Waals surface area contributed by atoms with Crippen LogP contribution in [0, 0.1) is 11.3 Å². The number of hydrogen-bond donors (Lipinski definition) is 1. The van der Waals surface area contributed by atoms with Gasteiger partial charge in [0.2, 0.25) is 0 Å². The van der Waals surface area contributed by atoms with Crippen LogP contribution in [0.5, 0.6) is 0 Å². The van der Waals surface area contributed by atoms with Crippen molar-refractivity contribution in [3.05, 3.63) is 0 Å². The molecule has 1 aliphatic carbocycles. The molecule has 4 nitrogen and oxygen atoms in total. The molecule has 0 saturated heterocycles. The zero-order valence-electron chi connectivity index (χ0n) is 9.78. The number of oxime groups is 1. The lowest BCUT2D eigenvalue weighted by molar-refractivity contribution is -0.170. The Morgan fingerprint density at radius 1 is 1.60 bits per heavy atom. The number of hydrogen-bond acceptors (Lipinski definition) is 4. The van der Waals surface area contributed by atoms with Gasteiger partial charge in [0.1, 0.15) is 6.10 Å². The summed E-state index contributed by atoms with van der Waals surface area (Å²) in [7, 11) is 0. The van der Waals surface area contributed by atoms with E-state index in [-0.39, 0.29) is 23.4 Å². The van der Waals surface area contributed by atoms with E-state index in [1.807, 2.05) is 13.8 Å². The molecule has 86 valence electrons. The second-order valence-electron chi connectivity index (χ2n) is 4.68. The number of esters is 1. The lowest BCUT2D eigenvalue weighted by Gasteiger charge is -2.50. The molecule has 1 fully saturated rings. The smallest absolute Gasteiger partial charge is 0.305 e. The van der Waals surface area contributed by atoms with Gasteiger partial charge in [-0.15, -0.1) is 0 Å². The van der Waals surface area contributed by atoms with Crippen LogP contribution >= 0.6 is 0 Å². The van der Waals surface area contributed by atoms with Crippen LogP contribution in [0.1, 0.15) is 40.5 Å². The molecular formula is C11H19NO3. The summed E-state index contributed by atoms with van der Waals surface area (Å²) in [5.74, 6) is 0.0438. The van der Waals surface area contributed by atoms with Crippen LogP contribution < -0.4 is 0 Å². The second kappa shape index (κ2) is 4.21. The predicted octanol–water partition coefficient (Wildman–Crippen LogP) is 2.20. The van der Waals surface area contributed by atoms with Gasteiger partial charge in [-0.1, -0.05) is 25.9 Å². The third-order valence-electron chi connectivity index (χ3n) is 3.40. The summed E-state index contributed by atoms with van der Waals surface area (Å²) in [6, 6.07) is 0. The van der Waals surface area contributed by atoms with E-state index in [1.54, 1.807) is 13.8 Å². The van der Waals surface area contributed by atoms with Crippen molar-refractivity contribution in [3.8, 4) is 0 Å². The van der Waals surface area contributed by atoms with Crippen LogP contribution in [-0.4, -0.2) is 23.0 Å². The van der Waals surface area contributed by atoms with Crippen molar-refractivity contribution in [2.75, 3.05) is 0 Å². The molecule has 1 rings (SSSR count). The minimum Gasteiger partial charge on any atom is -0.462 e. The Bertz CT molecular complexity index is 284. The third kappa shape index (κ3) is 2.13. The number of carbonyl (C=O) groups excluding carboxylic acids is 1. The van der Waals surface area contributed by atoms with Gasteiger partial charge in [-0.25, -0.2) is 0 Å². The molecule has 0 bridgehead atoms. The van der Waals surface area contributed by atoms with E-state index < -0.39 is 0 Å². The Balaban J connectivity index is 2.59.